The molecule has 0 spiro atoms. The second-order valence-electron chi connectivity index (χ2n) is 7.06. The van der Waals surface area contributed by atoms with Crippen LogP contribution in [-0.2, 0) is 20.9 Å². The minimum Gasteiger partial charge on any atom is -0.406 e. The number of ether oxygens (including phenoxy) is 1. The fourth-order valence-electron chi connectivity index (χ4n) is 3.74. The molecule has 30 heavy (non-hydrogen) atoms. The highest BCUT2D eigenvalue weighted by Gasteiger charge is 2.68. The number of piperazine rings is 1. The topological polar surface area (TPSA) is 49.9 Å². The Morgan fingerprint density at radius 1 is 0.900 bits per heavy atom. The molecule has 5 rings (SSSR count). The summed E-state index contributed by atoms with van der Waals surface area (Å²) in [6.07, 6.45) is -4.45. The molecule has 2 unspecified atom stereocenters. The first kappa shape index (κ1) is 20.9. The fourth-order valence-corrected chi connectivity index (χ4v) is 7.60. The smallest absolute Gasteiger partial charge is 0.406 e. The monoisotopic (exact) mass is 454 g/mol. The van der Waals surface area contributed by atoms with Gasteiger partial charge in [-0.1, -0.05) is 53.3 Å². The molecule has 10 heteroatoms. The van der Waals surface area contributed by atoms with Crippen LogP contribution in [-0.4, -0.2) is 46.9 Å². The van der Waals surface area contributed by atoms with E-state index in [0.717, 1.165) is 17.7 Å². The number of fused-ring (bicyclic) bond motifs is 3. The molecular formula is C20H17F3N2O3S2. The first-order valence-corrected chi connectivity index (χ1v) is 11.1. The number of amides is 2. The highest BCUT2D eigenvalue weighted by molar-refractivity contribution is 8.78. The van der Waals surface area contributed by atoms with Crippen molar-refractivity contribution < 1.29 is 27.5 Å². The van der Waals surface area contributed by atoms with E-state index in [1.807, 2.05) is 30.3 Å². The summed E-state index contributed by atoms with van der Waals surface area (Å²) in [6, 6.07) is 14.5. The van der Waals surface area contributed by atoms with Crippen LogP contribution in [0.1, 0.15) is 11.1 Å². The highest BCUT2D eigenvalue weighted by Crippen LogP contribution is 2.63. The van der Waals surface area contributed by atoms with Crippen molar-refractivity contribution in [3.8, 4) is 5.75 Å². The van der Waals surface area contributed by atoms with Crippen LogP contribution in [0.5, 0.6) is 5.75 Å². The van der Waals surface area contributed by atoms with Crippen LogP contribution >= 0.6 is 21.6 Å². The number of hydrogen-bond acceptors (Lipinski definition) is 5. The summed E-state index contributed by atoms with van der Waals surface area (Å²) in [4.78, 5) is 27.3. The van der Waals surface area contributed by atoms with Crippen molar-refractivity contribution in [3.63, 3.8) is 0 Å². The highest BCUT2D eigenvalue weighted by atomic mass is 33.1. The van der Waals surface area contributed by atoms with Crippen LogP contribution in [0.25, 0.3) is 0 Å². The van der Waals surface area contributed by atoms with Gasteiger partial charge in [0.1, 0.15) is 5.75 Å². The van der Waals surface area contributed by atoms with Gasteiger partial charge in [0, 0.05) is 20.5 Å². The summed E-state index contributed by atoms with van der Waals surface area (Å²) in [5.74, 6) is -0.915. The van der Waals surface area contributed by atoms with Gasteiger partial charge < -0.3 is 14.5 Å². The number of carbonyl (C=O) groups is 2. The second kappa shape index (κ2) is 7.12. The zero-order valence-electron chi connectivity index (χ0n) is 16.0. The normalized spacial score (nSPS) is 26.3. The van der Waals surface area contributed by atoms with E-state index in [4.69, 9.17) is 0 Å². The third-order valence-electron chi connectivity index (χ3n) is 5.31. The molecular weight excluding hydrogens is 437 g/mol. The summed E-state index contributed by atoms with van der Waals surface area (Å²) >= 11 is 0. The lowest BCUT2D eigenvalue weighted by Crippen LogP contribution is -2.74. The van der Waals surface area contributed by atoms with Crippen molar-refractivity contribution in [1.82, 2.24) is 9.80 Å². The molecule has 2 aromatic rings. The van der Waals surface area contributed by atoms with Crippen LogP contribution < -0.4 is 4.74 Å². The van der Waals surface area contributed by atoms with Gasteiger partial charge in [-0.15, -0.1) is 13.2 Å². The molecule has 2 amide bonds. The summed E-state index contributed by atoms with van der Waals surface area (Å²) in [5.41, 5.74) is 1.34. The van der Waals surface area contributed by atoms with E-state index >= 15 is 0 Å². The summed E-state index contributed by atoms with van der Waals surface area (Å²) < 4.78 is 41.3. The van der Waals surface area contributed by atoms with E-state index in [1.54, 1.807) is 14.1 Å². The average Bonchev–Trinajstić information content (AvgIpc) is 2.70. The quantitative estimate of drug-likeness (QED) is 0.654. The maximum absolute atomic E-state index is 13.5. The van der Waals surface area contributed by atoms with Crippen molar-refractivity contribution in [2.24, 2.45) is 0 Å². The molecule has 5 nitrogen and oxygen atoms in total. The molecule has 3 aliphatic rings. The lowest BCUT2D eigenvalue weighted by Gasteiger charge is -2.59. The van der Waals surface area contributed by atoms with E-state index in [-0.39, 0.29) is 17.6 Å². The average molecular weight is 454 g/mol. The van der Waals surface area contributed by atoms with Crippen LogP contribution in [0.4, 0.5) is 13.2 Å². The number of carbonyl (C=O) groups excluding carboxylic acids is 2. The number of alkyl halides is 3. The lowest BCUT2D eigenvalue weighted by atomic mass is 9.94. The van der Waals surface area contributed by atoms with Crippen molar-refractivity contribution in [3.05, 3.63) is 65.7 Å². The maximum atomic E-state index is 13.5. The van der Waals surface area contributed by atoms with E-state index in [0.29, 0.717) is 12.0 Å². The number of hydrogen-bond donors (Lipinski definition) is 0. The summed E-state index contributed by atoms with van der Waals surface area (Å²) in [6.45, 7) is 0. The minimum atomic E-state index is -4.81. The number of rotatable bonds is 4. The Balaban J connectivity index is 1.69. The Labute approximate surface area is 178 Å². The lowest BCUT2D eigenvalue weighted by molar-refractivity contribution is -0.274. The van der Waals surface area contributed by atoms with Gasteiger partial charge in [0.15, 0.2) is 4.87 Å². The molecule has 0 radical (unpaired) electrons. The van der Waals surface area contributed by atoms with E-state index in [9.17, 15) is 22.8 Å². The van der Waals surface area contributed by atoms with Crippen LogP contribution in [0.2, 0.25) is 0 Å². The molecule has 0 aliphatic carbocycles. The fraction of sp³-hybridized carbons (Fsp3) is 0.300. The number of likely N-dealkylation sites (N-methyl/N-ethyl adjacent to an activating group) is 2. The van der Waals surface area contributed by atoms with Crippen molar-refractivity contribution in [1.29, 1.82) is 0 Å². The Kier molecular flexibility index (Phi) is 4.97. The number of benzene rings is 2. The van der Waals surface area contributed by atoms with Gasteiger partial charge >= 0.3 is 6.36 Å². The molecule has 3 saturated heterocycles. The third-order valence-corrected chi connectivity index (χ3v) is 8.99. The third kappa shape index (κ3) is 3.13. The molecule has 3 fully saturated rings. The largest absolute Gasteiger partial charge is 0.573 e. The molecule has 2 aromatic carbocycles. The van der Waals surface area contributed by atoms with Crippen molar-refractivity contribution in [2.45, 2.75) is 22.5 Å². The van der Waals surface area contributed by atoms with Gasteiger partial charge in [-0.2, -0.15) is 0 Å². The van der Waals surface area contributed by atoms with E-state index in [1.165, 1.54) is 43.5 Å². The van der Waals surface area contributed by atoms with Crippen LogP contribution in [0.3, 0.4) is 0 Å². The number of halogens is 3. The predicted octanol–water partition coefficient (Wildman–Crippen LogP) is 4.00. The first-order chi connectivity index (χ1) is 14.1. The molecule has 3 aliphatic heterocycles. The molecule has 0 saturated carbocycles. The van der Waals surface area contributed by atoms with Gasteiger partial charge in [-0.25, -0.2) is 0 Å². The second-order valence-corrected chi connectivity index (χ2v) is 9.66. The summed E-state index contributed by atoms with van der Waals surface area (Å²) in [7, 11) is 5.70. The molecule has 2 bridgehead atoms. The van der Waals surface area contributed by atoms with E-state index in [2.05, 4.69) is 4.74 Å². The molecule has 0 N–H and O–H groups in total. The molecule has 3 heterocycles. The SMILES string of the molecule is CN1C(=O)C2(c3ccc(OC(F)(F)F)cc3)SSC1(Cc1ccccc1)C(=O)N2C. The van der Waals surface area contributed by atoms with Crippen molar-refractivity contribution >= 4 is 33.4 Å². The predicted molar refractivity (Wildman–Crippen MR) is 108 cm³/mol. The Morgan fingerprint density at radius 2 is 1.53 bits per heavy atom. The van der Waals surface area contributed by atoms with Gasteiger partial charge in [-0.05, 0) is 34.1 Å². The summed E-state index contributed by atoms with van der Waals surface area (Å²) in [5, 5.41) is 0. The van der Waals surface area contributed by atoms with Crippen LogP contribution in [0, 0.1) is 0 Å². The Bertz CT molecular complexity index is 987. The Morgan fingerprint density at radius 3 is 2.13 bits per heavy atom. The van der Waals surface area contributed by atoms with Crippen molar-refractivity contribution in [2.75, 3.05) is 14.1 Å². The minimum absolute atomic E-state index is 0.229. The van der Waals surface area contributed by atoms with Gasteiger partial charge in [-0.3, -0.25) is 9.59 Å². The standard InChI is InChI=1S/C20H17F3N2O3S2/c1-24-17(27)19(14-8-10-15(11-9-14)28-20(21,22)23)25(2)16(26)18(24,29-30-19)12-13-6-4-3-5-7-13/h3-11H,12H2,1-2H3. The molecule has 0 aromatic heterocycles. The van der Waals surface area contributed by atoms with Gasteiger partial charge in [0.25, 0.3) is 11.8 Å². The Hall–Kier alpha value is -2.33. The van der Waals surface area contributed by atoms with Gasteiger partial charge in [0.05, 0.1) is 0 Å². The zero-order chi connectivity index (χ0) is 21.7. The molecule has 158 valence electrons. The first-order valence-electron chi connectivity index (χ1n) is 8.94. The molecule has 2 atom stereocenters. The maximum Gasteiger partial charge on any atom is 0.573 e. The van der Waals surface area contributed by atoms with Crippen LogP contribution in [0.15, 0.2) is 54.6 Å². The number of nitrogens with zero attached hydrogens (tertiary/aromatic N) is 2. The van der Waals surface area contributed by atoms with Gasteiger partial charge in [0.2, 0.25) is 4.87 Å². The zero-order valence-corrected chi connectivity index (χ0v) is 17.6. The van der Waals surface area contributed by atoms with E-state index < -0.39 is 16.1 Å².